The van der Waals surface area contributed by atoms with Crippen molar-refractivity contribution in [3.8, 4) is 0 Å². The summed E-state index contributed by atoms with van der Waals surface area (Å²) in [5.74, 6) is 1.28. The summed E-state index contributed by atoms with van der Waals surface area (Å²) in [6.45, 7) is 11.0. The van der Waals surface area contributed by atoms with Crippen LogP contribution in [0.4, 0.5) is 0 Å². The largest absolute Gasteiger partial charge is 0.461 e. The van der Waals surface area contributed by atoms with Crippen LogP contribution in [-0.4, -0.2) is 12.6 Å². The molecule has 0 spiro atoms. The molecule has 2 nitrogen and oxygen atoms in total. The first-order valence-corrected chi connectivity index (χ1v) is 7.39. The molecule has 0 bridgehead atoms. The first-order valence-electron chi connectivity index (χ1n) is 7.39. The molecule has 1 saturated carbocycles. The maximum absolute atomic E-state index is 10.9. The van der Waals surface area contributed by atoms with E-state index >= 15 is 0 Å². The number of rotatable bonds is 2. The van der Waals surface area contributed by atoms with Gasteiger partial charge in [0.2, 0.25) is 0 Å². The molecule has 106 valence electrons. The van der Waals surface area contributed by atoms with Crippen LogP contribution in [0.25, 0.3) is 0 Å². The molecule has 1 fully saturated rings. The first kappa shape index (κ1) is 14.4. The van der Waals surface area contributed by atoms with E-state index < -0.39 is 0 Å². The smallest absolute Gasteiger partial charge is 0.302 e. The zero-order valence-corrected chi connectivity index (χ0v) is 12.5. The second-order valence-electron chi connectivity index (χ2n) is 6.78. The molecule has 0 aromatic carbocycles. The summed E-state index contributed by atoms with van der Waals surface area (Å²) < 4.78 is 5.15. The van der Waals surface area contributed by atoms with E-state index in [2.05, 4.69) is 26.5 Å². The third-order valence-electron chi connectivity index (χ3n) is 4.90. The Morgan fingerprint density at radius 1 is 1.47 bits per heavy atom. The Hall–Kier alpha value is -1.05. The summed E-state index contributed by atoms with van der Waals surface area (Å²) in [7, 11) is 0. The van der Waals surface area contributed by atoms with Crippen LogP contribution >= 0.6 is 0 Å². The lowest BCUT2D eigenvalue weighted by Gasteiger charge is -2.53. The van der Waals surface area contributed by atoms with E-state index in [9.17, 15) is 4.79 Å². The zero-order valence-electron chi connectivity index (χ0n) is 12.5. The molecular formula is C17H26O2. The highest BCUT2D eigenvalue weighted by Gasteiger charge is 2.47. The zero-order chi connectivity index (χ0) is 14.0. The highest BCUT2D eigenvalue weighted by atomic mass is 16.5. The number of carbonyl (C=O) groups excluding carboxylic acids is 1. The van der Waals surface area contributed by atoms with Gasteiger partial charge < -0.3 is 4.74 Å². The predicted octanol–water partition coefficient (Wildman–Crippen LogP) is 4.27. The fourth-order valence-corrected chi connectivity index (χ4v) is 3.68. The standard InChI is InChI=1S/C17H26O2/c1-12-6-5-7-14(11-19-13(2)18)8-9-16-15(12)10-17(16,3)4/h7,15-16H,1,5-6,8-11H2,2-4H3/b14-7+/t15-,16-/m1/s1. The summed E-state index contributed by atoms with van der Waals surface area (Å²) in [5, 5.41) is 0. The first-order chi connectivity index (χ1) is 8.90. The van der Waals surface area contributed by atoms with Crippen LogP contribution in [0.5, 0.6) is 0 Å². The number of hydrogen-bond acceptors (Lipinski definition) is 2. The van der Waals surface area contributed by atoms with Gasteiger partial charge >= 0.3 is 5.97 Å². The van der Waals surface area contributed by atoms with Gasteiger partial charge in [-0.05, 0) is 54.9 Å². The number of fused-ring (bicyclic) bond motifs is 1. The lowest BCUT2D eigenvalue weighted by atomic mass is 9.52. The van der Waals surface area contributed by atoms with E-state index in [4.69, 9.17) is 4.74 Å². The van der Waals surface area contributed by atoms with Gasteiger partial charge in [-0.25, -0.2) is 0 Å². The molecule has 2 atom stereocenters. The fraction of sp³-hybridized carbons (Fsp3) is 0.706. The predicted molar refractivity (Wildman–Crippen MR) is 77.7 cm³/mol. The molecule has 0 aliphatic heterocycles. The van der Waals surface area contributed by atoms with Gasteiger partial charge in [0.1, 0.15) is 6.61 Å². The Kier molecular flexibility index (Phi) is 4.17. The maximum atomic E-state index is 10.9. The van der Waals surface area contributed by atoms with Crippen LogP contribution in [0.15, 0.2) is 23.8 Å². The van der Waals surface area contributed by atoms with Crippen molar-refractivity contribution in [2.45, 2.75) is 52.9 Å². The fourth-order valence-electron chi connectivity index (χ4n) is 3.68. The van der Waals surface area contributed by atoms with E-state index in [0.29, 0.717) is 12.0 Å². The van der Waals surface area contributed by atoms with Crippen molar-refractivity contribution in [3.63, 3.8) is 0 Å². The molecule has 2 heteroatoms. The Labute approximate surface area is 116 Å². The van der Waals surface area contributed by atoms with Crippen molar-refractivity contribution in [2.75, 3.05) is 6.61 Å². The van der Waals surface area contributed by atoms with Crippen LogP contribution in [0.3, 0.4) is 0 Å². The van der Waals surface area contributed by atoms with Crippen LogP contribution in [0, 0.1) is 17.3 Å². The molecule has 0 amide bonds. The highest BCUT2D eigenvalue weighted by Crippen LogP contribution is 2.56. The Bertz CT molecular complexity index is 403. The van der Waals surface area contributed by atoms with Gasteiger partial charge in [0, 0.05) is 6.92 Å². The van der Waals surface area contributed by atoms with E-state index in [0.717, 1.165) is 31.1 Å². The summed E-state index contributed by atoms with van der Waals surface area (Å²) >= 11 is 0. The SMILES string of the molecule is C=C1CC/C=C(/COC(C)=O)CC[C@@H]2[C@@H]1CC2(C)C. The van der Waals surface area contributed by atoms with Crippen molar-refractivity contribution < 1.29 is 9.53 Å². The molecule has 0 saturated heterocycles. The van der Waals surface area contributed by atoms with Gasteiger partial charge in [-0.15, -0.1) is 0 Å². The van der Waals surface area contributed by atoms with E-state index in [-0.39, 0.29) is 5.97 Å². The van der Waals surface area contributed by atoms with Gasteiger partial charge in [-0.2, -0.15) is 0 Å². The number of hydrogen-bond donors (Lipinski definition) is 0. The normalized spacial score (nSPS) is 32.8. The molecule has 0 aromatic rings. The molecule has 2 aliphatic carbocycles. The van der Waals surface area contributed by atoms with Gasteiger partial charge in [0.15, 0.2) is 0 Å². The van der Waals surface area contributed by atoms with Crippen molar-refractivity contribution in [3.05, 3.63) is 23.8 Å². The monoisotopic (exact) mass is 262 g/mol. The number of esters is 1. The van der Waals surface area contributed by atoms with E-state index in [1.54, 1.807) is 0 Å². The summed E-state index contributed by atoms with van der Waals surface area (Å²) in [4.78, 5) is 10.9. The quantitative estimate of drug-likeness (QED) is 0.549. The van der Waals surface area contributed by atoms with E-state index in [1.165, 1.54) is 30.9 Å². The molecule has 0 unspecified atom stereocenters. The highest BCUT2D eigenvalue weighted by molar-refractivity contribution is 5.66. The molecule has 0 aromatic heterocycles. The molecule has 0 radical (unpaired) electrons. The van der Waals surface area contributed by atoms with Crippen molar-refractivity contribution >= 4 is 5.97 Å². The van der Waals surface area contributed by atoms with Gasteiger partial charge in [-0.1, -0.05) is 32.1 Å². The number of ether oxygens (including phenoxy) is 1. The summed E-state index contributed by atoms with van der Waals surface area (Å²) in [6.07, 6.45) is 7.93. The molecule has 0 heterocycles. The van der Waals surface area contributed by atoms with Crippen LogP contribution in [0.1, 0.15) is 52.9 Å². The van der Waals surface area contributed by atoms with E-state index in [1.807, 2.05) is 0 Å². The minimum Gasteiger partial charge on any atom is -0.461 e. The van der Waals surface area contributed by atoms with Gasteiger partial charge in [0.05, 0.1) is 0 Å². The third-order valence-corrected chi connectivity index (χ3v) is 4.90. The Morgan fingerprint density at radius 2 is 2.21 bits per heavy atom. The molecular weight excluding hydrogens is 236 g/mol. The van der Waals surface area contributed by atoms with Crippen LogP contribution in [-0.2, 0) is 9.53 Å². The number of carbonyl (C=O) groups is 1. The maximum Gasteiger partial charge on any atom is 0.302 e. The van der Waals surface area contributed by atoms with Crippen LogP contribution in [0.2, 0.25) is 0 Å². The van der Waals surface area contributed by atoms with Crippen molar-refractivity contribution in [1.29, 1.82) is 0 Å². The summed E-state index contributed by atoms with van der Waals surface area (Å²) in [6, 6.07) is 0. The average molecular weight is 262 g/mol. The second kappa shape index (κ2) is 5.52. The van der Waals surface area contributed by atoms with Crippen molar-refractivity contribution in [2.24, 2.45) is 17.3 Å². The third kappa shape index (κ3) is 3.29. The lowest BCUT2D eigenvalue weighted by molar-refractivity contribution is -0.140. The van der Waals surface area contributed by atoms with Gasteiger partial charge in [0.25, 0.3) is 0 Å². The Morgan fingerprint density at radius 3 is 2.84 bits per heavy atom. The van der Waals surface area contributed by atoms with Gasteiger partial charge in [-0.3, -0.25) is 4.79 Å². The Balaban J connectivity index is 2.01. The molecule has 2 aliphatic rings. The molecule has 2 rings (SSSR count). The number of allylic oxidation sites excluding steroid dienone is 2. The minimum absolute atomic E-state index is 0.188. The van der Waals surface area contributed by atoms with Crippen LogP contribution < -0.4 is 0 Å². The minimum atomic E-state index is -0.188. The topological polar surface area (TPSA) is 26.3 Å². The lowest BCUT2D eigenvalue weighted by Crippen LogP contribution is -2.44. The summed E-state index contributed by atoms with van der Waals surface area (Å²) in [5.41, 5.74) is 3.16. The van der Waals surface area contributed by atoms with Crippen molar-refractivity contribution in [1.82, 2.24) is 0 Å². The molecule has 19 heavy (non-hydrogen) atoms. The second-order valence-corrected chi connectivity index (χ2v) is 6.78. The average Bonchev–Trinajstić information content (AvgIpc) is 2.37. The molecule has 0 N–H and O–H groups in total.